The number of nitrogens with zero attached hydrogens (tertiary/aromatic N) is 4. The monoisotopic (exact) mass is 373 g/mol. The molecular formula is C17H20ClN7O. The lowest BCUT2D eigenvalue weighted by atomic mass is 9.91. The largest absolute Gasteiger partial charge is 0.507 e. The third-order valence-electron chi connectivity index (χ3n) is 4.90. The normalized spacial score (nSPS) is 17.0. The lowest BCUT2D eigenvalue weighted by molar-refractivity contribution is 0.363. The molecule has 0 bridgehead atoms. The third-order valence-corrected chi connectivity index (χ3v) is 5.29. The van der Waals surface area contributed by atoms with E-state index < -0.39 is 0 Å². The number of H-pyrrole nitrogens is 1. The van der Waals surface area contributed by atoms with E-state index in [0.29, 0.717) is 33.1 Å². The molecule has 3 aromatic heterocycles. The van der Waals surface area contributed by atoms with E-state index >= 15 is 0 Å². The van der Waals surface area contributed by atoms with Crippen LogP contribution in [0.1, 0.15) is 19.8 Å². The molecule has 136 valence electrons. The predicted octanol–water partition coefficient (Wildman–Crippen LogP) is 2.28. The number of fused-ring (bicyclic) bond motifs is 1. The van der Waals surface area contributed by atoms with Crippen molar-refractivity contribution in [2.24, 2.45) is 5.73 Å². The van der Waals surface area contributed by atoms with Gasteiger partial charge in [0.2, 0.25) is 0 Å². The summed E-state index contributed by atoms with van der Waals surface area (Å²) in [5.41, 5.74) is 13.4. The predicted molar refractivity (Wildman–Crippen MR) is 102 cm³/mol. The van der Waals surface area contributed by atoms with Crippen molar-refractivity contribution in [1.29, 1.82) is 0 Å². The number of pyridine rings is 2. The van der Waals surface area contributed by atoms with Crippen LogP contribution < -0.4 is 16.4 Å². The minimum absolute atomic E-state index is 0.0845. The van der Waals surface area contributed by atoms with Crippen LogP contribution >= 0.6 is 11.6 Å². The molecular weight excluding hydrogens is 354 g/mol. The van der Waals surface area contributed by atoms with Crippen molar-refractivity contribution < 1.29 is 5.11 Å². The highest BCUT2D eigenvalue weighted by Crippen LogP contribution is 2.38. The number of nitrogens with one attached hydrogen (secondary N) is 1. The van der Waals surface area contributed by atoms with Crippen molar-refractivity contribution in [3.63, 3.8) is 0 Å². The maximum Gasteiger partial charge on any atom is 0.161 e. The second-order valence-corrected chi connectivity index (χ2v) is 7.37. The van der Waals surface area contributed by atoms with Crippen molar-refractivity contribution in [2.75, 3.05) is 23.7 Å². The SMILES string of the molecule is CC1(N)CCN(c2cc(O)c3c(-c4ccnc(N)c4Cl)n[nH]c3n2)CC1. The van der Waals surface area contributed by atoms with Gasteiger partial charge < -0.3 is 21.5 Å². The molecule has 0 atom stereocenters. The van der Waals surface area contributed by atoms with E-state index in [2.05, 4.69) is 32.0 Å². The molecule has 0 unspecified atom stereocenters. The minimum atomic E-state index is -0.151. The summed E-state index contributed by atoms with van der Waals surface area (Å²) in [7, 11) is 0. The summed E-state index contributed by atoms with van der Waals surface area (Å²) >= 11 is 6.25. The number of hydrogen-bond acceptors (Lipinski definition) is 7. The highest BCUT2D eigenvalue weighted by Gasteiger charge is 2.27. The summed E-state index contributed by atoms with van der Waals surface area (Å²) < 4.78 is 0. The summed E-state index contributed by atoms with van der Waals surface area (Å²) in [4.78, 5) is 10.7. The molecule has 0 radical (unpaired) electrons. The van der Waals surface area contributed by atoms with Crippen LogP contribution in [0.15, 0.2) is 18.3 Å². The number of halogens is 1. The average Bonchev–Trinajstić information content (AvgIpc) is 3.01. The summed E-state index contributed by atoms with van der Waals surface area (Å²) in [6.45, 7) is 3.64. The van der Waals surface area contributed by atoms with Crippen molar-refractivity contribution in [2.45, 2.75) is 25.3 Å². The van der Waals surface area contributed by atoms with Gasteiger partial charge in [0.1, 0.15) is 23.1 Å². The van der Waals surface area contributed by atoms with E-state index in [0.717, 1.165) is 25.9 Å². The first-order valence-corrected chi connectivity index (χ1v) is 8.76. The van der Waals surface area contributed by atoms with Crippen molar-refractivity contribution in [3.8, 4) is 17.0 Å². The Morgan fingerprint density at radius 2 is 2.08 bits per heavy atom. The maximum atomic E-state index is 10.6. The molecule has 9 heteroatoms. The maximum absolute atomic E-state index is 10.6. The number of aromatic nitrogens is 4. The molecule has 0 aliphatic carbocycles. The highest BCUT2D eigenvalue weighted by molar-refractivity contribution is 6.35. The summed E-state index contributed by atoms with van der Waals surface area (Å²) in [5, 5.41) is 18.6. The molecule has 1 aliphatic rings. The molecule has 1 fully saturated rings. The van der Waals surface area contributed by atoms with Gasteiger partial charge in [-0.1, -0.05) is 11.6 Å². The molecule has 0 amide bonds. The van der Waals surface area contributed by atoms with E-state index in [1.165, 1.54) is 0 Å². The Morgan fingerprint density at radius 1 is 1.35 bits per heavy atom. The van der Waals surface area contributed by atoms with Gasteiger partial charge in [0.15, 0.2) is 5.65 Å². The van der Waals surface area contributed by atoms with E-state index in [1.54, 1.807) is 18.3 Å². The summed E-state index contributed by atoms with van der Waals surface area (Å²) in [6.07, 6.45) is 3.29. The first-order valence-electron chi connectivity index (χ1n) is 8.38. The zero-order valence-electron chi connectivity index (χ0n) is 14.3. The van der Waals surface area contributed by atoms with Crippen LogP contribution in [0.5, 0.6) is 5.75 Å². The molecule has 8 nitrogen and oxygen atoms in total. The highest BCUT2D eigenvalue weighted by atomic mass is 35.5. The Labute approximate surface area is 155 Å². The minimum Gasteiger partial charge on any atom is -0.507 e. The first kappa shape index (κ1) is 16.9. The van der Waals surface area contributed by atoms with Gasteiger partial charge in [-0.2, -0.15) is 5.10 Å². The molecule has 1 aliphatic heterocycles. The van der Waals surface area contributed by atoms with Crippen LogP contribution in [0, 0.1) is 0 Å². The van der Waals surface area contributed by atoms with Gasteiger partial charge in [-0.3, -0.25) is 5.10 Å². The van der Waals surface area contributed by atoms with Crippen LogP contribution in [-0.4, -0.2) is 43.9 Å². The van der Waals surface area contributed by atoms with E-state index in [1.807, 2.05) is 0 Å². The van der Waals surface area contributed by atoms with Crippen LogP contribution in [0.2, 0.25) is 5.02 Å². The molecule has 6 N–H and O–H groups in total. The number of hydrogen-bond donors (Lipinski definition) is 4. The van der Waals surface area contributed by atoms with Gasteiger partial charge in [0, 0.05) is 36.5 Å². The lowest BCUT2D eigenvalue weighted by Crippen LogP contribution is -2.48. The number of nitrogen functional groups attached to an aromatic ring is 1. The van der Waals surface area contributed by atoms with Crippen LogP contribution in [0.3, 0.4) is 0 Å². The van der Waals surface area contributed by atoms with Gasteiger partial charge in [-0.05, 0) is 25.8 Å². The number of aromatic amines is 1. The number of nitrogens with two attached hydrogens (primary N) is 2. The fraction of sp³-hybridized carbons (Fsp3) is 0.353. The zero-order valence-corrected chi connectivity index (χ0v) is 15.1. The Morgan fingerprint density at radius 3 is 2.81 bits per heavy atom. The van der Waals surface area contributed by atoms with E-state index in [-0.39, 0.29) is 17.1 Å². The first-order chi connectivity index (χ1) is 12.4. The molecule has 0 aromatic carbocycles. The Hall–Kier alpha value is -2.58. The second kappa shape index (κ2) is 6.00. The number of aromatic hydroxyl groups is 1. The van der Waals surface area contributed by atoms with Crippen LogP contribution in [-0.2, 0) is 0 Å². The Bertz CT molecular complexity index is 975. The van der Waals surface area contributed by atoms with Gasteiger partial charge in [0.05, 0.1) is 10.4 Å². The fourth-order valence-electron chi connectivity index (χ4n) is 3.24. The van der Waals surface area contributed by atoms with Gasteiger partial charge >= 0.3 is 0 Å². The molecule has 1 saturated heterocycles. The van der Waals surface area contributed by atoms with Crippen LogP contribution in [0.25, 0.3) is 22.3 Å². The standard InChI is InChI=1S/C17H20ClN7O/c1-17(20)3-6-25(7-4-17)11-8-10(26)12-14(23-24-16(12)22-11)9-2-5-21-15(19)13(9)18/h2,5,8H,3-4,6-7,20H2,1H3,(H2,19,21)(H2,22,23,24,26). The van der Waals surface area contributed by atoms with Gasteiger partial charge in [0.25, 0.3) is 0 Å². The van der Waals surface area contributed by atoms with Gasteiger partial charge in [-0.15, -0.1) is 0 Å². The summed E-state index contributed by atoms with van der Waals surface area (Å²) in [5.74, 6) is 0.991. The summed E-state index contributed by atoms with van der Waals surface area (Å²) in [6, 6.07) is 3.35. The molecule has 4 rings (SSSR count). The number of piperidine rings is 1. The molecule has 26 heavy (non-hydrogen) atoms. The van der Waals surface area contributed by atoms with E-state index in [9.17, 15) is 5.11 Å². The van der Waals surface area contributed by atoms with Crippen molar-refractivity contribution >= 4 is 34.3 Å². The third kappa shape index (κ3) is 2.81. The van der Waals surface area contributed by atoms with Gasteiger partial charge in [-0.25, -0.2) is 9.97 Å². The van der Waals surface area contributed by atoms with E-state index in [4.69, 9.17) is 23.1 Å². The van der Waals surface area contributed by atoms with Crippen molar-refractivity contribution in [3.05, 3.63) is 23.4 Å². The molecule has 0 saturated carbocycles. The smallest absolute Gasteiger partial charge is 0.161 e. The zero-order chi connectivity index (χ0) is 18.5. The molecule has 4 heterocycles. The topological polar surface area (TPSA) is 130 Å². The second-order valence-electron chi connectivity index (χ2n) is 6.99. The quantitative estimate of drug-likeness (QED) is 0.542. The average molecular weight is 374 g/mol. The lowest BCUT2D eigenvalue weighted by Gasteiger charge is -2.37. The molecule has 0 spiro atoms. The van der Waals surface area contributed by atoms with Crippen molar-refractivity contribution in [1.82, 2.24) is 20.2 Å². The Balaban J connectivity index is 1.76. The number of anilines is 2. The number of rotatable bonds is 2. The molecule has 3 aromatic rings. The van der Waals surface area contributed by atoms with Crippen LogP contribution in [0.4, 0.5) is 11.6 Å². The fourth-order valence-corrected chi connectivity index (χ4v) is 3.45. The Kier molecular flexibility index (Phi) is 3.89.